The van der Waals surface area contributed by atoms with Crippen LogP contribution in [0, 0.1) is 17.7 Å². The predicted molar refractivity (Wildman–Crippen MR) is 129 cm³/mol. The number of fused-ring (bicyclic) bond motifs is 1. The van der Waals surface area contributed by atoms with Crippen molar-refractivity contribution in [1.29, 1.82) is 0 Å². The van der Waals surface area contributed by atoms with E-state index < -0.39 is 11.9 Å². The number of carboxylic acids is 1. The molecule has 1 aliphatic carbocycles. The molecule has 3 aromatic rings. The lowest BCUT2D eigenvalue weighted by atomic mass is 9.82. The number of carboxylic acid groups (broad SMARTS) is 1. The number of hydrogen-bond donors (Lipinski definition) is 1. The molecule has 3 atom stereocenters. The molecule has 0 aromatic heterocycles. The van der Waals surface area contributed by atoms with E-state index in [4.69, 9.17) is 9.47 Å². The van der Waals surface area contributed by atoms with Crippen LogP contribution >= 0.6 is 0 Å². The second-order valence-electron chi connectivity index (χ2n) is 9.47. The zero-order valence-electron chi connectivity index (χ0n) is 19.5. The first-order valence-electron chi connectivity index (χ1n) is 11.9. The number of hydrogen-bond acceptors (Lipinski definition) is 3. The lowest BCUT2D eigenvalue weighted by molar-refractivity contribution is -0.142. The summed E-state index contributed by atoms with van der Waals surface area (Å²) in [5.41, 5.74) is 4.55. The van der Waals surface area contributed by atoms with E-state index in [1.54, 1.807) is 26.2 Å². The Kier molecular flexibility index (Phi) is 6.03. The van der Waals surface area contributed by atoms with Gasteiger partial charge in [-0.1, -0.05) is 43.3 Å². The maximum atomic E-state index is 14.4. The van der Waals surface area contributed by atoms with Gasteiger partial charge in [0.1, 0.15) is 23.4 Å². The summed E-state index contributed by atoms with van der Waals surface area (Å²) in [7, 11) is 1.57. The standard InChI is InChI=1S/C29H29FO4/c1-17(29(31)32)28(21-8-9-21)22-10-7-20-11-14-26(34-27(20)15-22)19-5-3-18(4-6-19)24-16-23(33-2)12-13-25(24)30/h3-7,10,12-13,15-17,21,26,28H,8-9,11,14H2,1-2H3,(H,31,32)/t17-,26+,28-/m0/s1. The van der Waals surface area contributed by atoms with Gasteiger partial charge in [0.25, 0.3) is 0 Å². The second kappa shape index (κ2) is 9.13. The average Bonchev–Trinajstić information content (AvgIpc) is 3.69. The van der Waals surface area contributed by atoms with Crippen molar-refractivity contribution in [3.05, 3.63) is 83.2 Å². The molecule has 0 bridgehead atoms. The number of benzene rings is 3. The molecule has 1 saturated carbocycles. The van der Waals surface area contributed by atoms with Gasteiger partial charge in [-0.05, 0) is 84.0 Å². The first-order valence-corrected chi connectivity index (χ1v) is 11.9. The van der Waals surface area contributed by atoms with Crippen molar-refractivity contribution in [1.82, 2.24) is 0 Å². The summed E-state index contributed by atoms with van der Waals surface area (Å²) in [6, 6.07) is 18.8. The van der Waals surface area contributed by atoms with Gasteiger partial charge in [-0.3, -0.25) is 4.79 Å². The van der Waals surface area contributed by atoms with E-state index in [0.717, 1.165) is 53.7 Å². The molecule has 0 radical (unpaired) electrons. The van der Waals surface area contributed by atoms with Gasteiger partial charge >= 0.3 is 5.97 Å². The highest BCUT2D eigenvalue weighted by molar-refractivity contribution is 5.71. The van der Waals surface area contributed by atoms with Gasteiger partial charge in [0.2, 0.25) is 0 Å². The number of carbonyl (C=O) groups is 1. The minimum atomic E-state index is -0.749. The molecule has 0 unspecified atom stereocenters. The topological polar surface area (TPSA) is 55.8 Å². The van der Waals surface area contributed by atoms with E-state index in [0.29, 0.717) is 17.2 Å². The van der Waals surface area contributed by atoms with Crippen molar-refractivity contribution >= 4 is 5.97 Å². The Hall–Kier alpha value is -3.34. The van der Waals surface area contributed by atoms with Crippen LogP contribution in [0.3, 0.4) is 0 Å². The molecule has 5 rings (SSSR count). The van der Waals surface area contributed by atoms with Gasteiger partial charge in [-0.15, -0.1) is 0 Å². The van der Waals surface area contributed by atoms with E-state index in [1.807, 2.05) is 24.3 Å². The maximum Gasteiger partial charge on any atom is 0.306 e. The van der Waals surface area contributed by atoms with Crippen molar-refractivity contribution in [2.24, 2.45) is 11.8 Å². The van der Waals surface area contributed by atoms with Gasteiger partial charge in [-0.25, -0.2) is 4.39 Å². The van der Waals surface area contributed by atoms with Crippen molar-refractivity contribution in [2.45, 2.75) is 44.6 Å². The molecule has 0 saturated heterocycles. The second-order valence-corrected chi connectivity index (χ2v) is 9.47. The number of aliphatic carboxylic acids is 1. The van der Waals surface area contributed by atoms with Crippen molar-refractivity contribution in [3.63, 3.8) is 0 Å². The largest absolute Gasteiger partial charge is 0.497 e. The Bertz CT molecular complexity index is 1200. The molecule has 4 nitrogen and oxygen atoms in total. The van der Waals surface area contributed by atoms with E-state index in [9.17, 15) is 14.3 Å². The molecule has 0 spiro atoms. The average molecular weight is 461 g/mol. The summed E-state index contributed by atoms with van der Waals surface area (Å²) in [5.74, 6) is 0.460. The monoisotopic (exact) mass is 460 g/mol. The molecule has 1 fully saturated rings. The molecule has 5 heteroatoms. The van der Waals surface area contributed by atoms with Crippen LogP contribution in [0.15, 0.2) is 60.7 Å². The number of methoxy groups -OCH3 is 1. The molecule has 0 amide bonds. The molecule has 2 aliphatic rings. The number of halogens is 1. The highest BCUT2D eigenvalue weighted by Gasteiger charge is 2.39. The summed E-state index contributed by atoms with van der Waals surface area (Å²) in [4.78, 5) is 11.7. The molecule has 3 aromatic carbocycles. The van der Waals surface area contributed by atoms with Crippen LogP contribution in [0.25, 0.3) is 11.1 Å². The summed E-state index contributed by atoms with van der Waals surface area (Å²) < 4.78 is 26.0. The Labute approximate surface area is 199 Å². The molecular weight excluding hydrogens is 431 g/mol. The van der Waals surface area contributed by atoms with E-state index in [2.05, 4.69) is 18.2 Å². The Morgan fingerprint density at radius 3 is 2.50 bits per heavy atom. The number of rotatable bonds is 7. The fraction of sp³-hybridized carbons (Fsp3) is 0.345. The van der Waals surface area contributed by atoms with Crippen molar-refractivity contribution in [2.75, 3.05) is 7.11 Å². The van der Waals surface area contributed by atoms with Crippen molar-refractivity contribution in [3.8, 4) is 22.6 Å². The zero-order valence-corrected chi connectivity index (χ0v) is 19.5. The molecule has 1 N–H and O–H groups in total. The fourth-order valence-electron chi connectivity index (χ4n) is 5.14. The van der Waals surface area contributed by atoms with Crippen LogP contribution < -0.4 is 9.47 Å². The lowest BCUT2D eigenvalue weighted by Gasteiger charge is -2.29. The third kappa shape index (κ3) is 4.39. The molecule has 1 aliphatic heterocycles. The zero-order chi connectivity index (χ0) is 23.8. The minimum absolute atomic E-state index is 0.0174. The third-order valence-corrected chi connectivity index (χ3v) is 7.25. The smallest absolute Gasteiger partial charge is 0.306 e. The first-order chi connectivity index (χ1) is 16.4. The van der Waals surface area contributed by atoms with E-state index in [1.165, 1.54) is 6.07 Å². The van der Waals surface area contributed by atoms with Gasteiger partial charge in [0.05, 0.1) is 13.0 Å². The van der Waals surface area contributed by atoms with Crippen LogP contribution in [-0.2, 0) is 11.2 Å². The van der Waals surface area contributed by atoms with Crippen LogP contribution in [0.5, 0.6) is 11.5 Å². The first kappa shape index (κ1) is 22.5. The van der Waals surface area contributed by atoms with Crippen LogP contribution in [0.2, 0.25) is 0 Å². The van der Waals surface area contributed by atoms with Gasteiger partial charge in [0.15, 0.2) is 0 Å². The summed E-state index contributed by atoms with van der Waals surface area (Å²) in [6.45, 7) is 1.81. The quantitative estimate of drug-likeness (QED) is 0.422. The Balaban J connectivity index is 1.37. The molecule has 34 heavy (non-hydrogen) atoms. The minimum Gasteiger partial charge on any atom is -0.497 e. The third-order valence-electron chi connectivity index (χ3n) is 7.25. The van der Waals surface area contributed by atoms with Gasteiger partial charge in [-0.2, -0.15) is 0 Å². The summed E-state index contributed by atoms with van der Waals surface area (Å²) >= 11 is 0. The maximum absolute atomic E-state index is 14.4. The Morgan fingerprint density at radius 2 is 1.82 bits per heavy atom. The van der Waals surface area contributed by atoms with E-state index in [-0.39, 0.29) is 17.8 Å². The summed E-state index contributed by atoms with van der Waals surface area (Å²) in [5, 5.41) is 9.61. The van der Waals surface area contributed by atoms with Crippen LogP contribution in [0.1, 0.15) is 54.9 Å². The highest BCUT2D eigenvalue weighted by atomic mass is 19.1. The van der Waals surface area contributed by atoms with Gasteiger partial charge in [0, 0.05) is 5.56 Å². The summed E-state index contributed by atoms with van der Waals surface area (Å²) in [6.07, 6.45) is 3.83. The van der Waals surface area contributed by atoms with Crippen LogP contribution in [0.4, 0.5) is 4.39 Å². The van der Waals surface area contributed by atoms with Crippen LogP contribution in [-0.4, -0.2) is 18.2 Å². The van der Waals surface area contributed by atoms with E-state index >= 15 is 0 Å². The number of ether oxygens (including phenoxy) is 2. The molecular formula is C29H29FO4. The SMILES string of the molecule is COc1ccc(F)c(-c2ccc([C@H]3CCc4ccc([C@H](C5CC5)[C@H](C)C(=O)O)cc4O3)cc2)c1. The molecule has 1 heterocycles. The predicted octanol–water partition coefficient (Wildman–Crippen LogP) is 6.78. The normalized spacial score (nSPS) is 19.0. The van der Waals surface area contributed by atoms with Crippen molar-refractivity contribution < 1.29 is 23.8 Å². The lowest BCUT2D eigenvalue weighted by Crippen LogP contribution is -2.21. The number of aryl methyl sites for hydroxylation is 1. The fourth-order valence-corrected chi connectivity index (χ4v) is 5.14. The highest BCUT2D eigenvalue weighted by Crippen LogP contribution is 2.48. The van der Waals surface area contributed by atoms with Gasteiger partial charge < -0.3 is 14.6 Å². The Morgan fingerprint density at radius 1 is 1.06 bits per heavy atom. The molecule has 176 valence electrons.